The molecule has 0 saturated carbocycles. The minimum Gasteiger partial charge on any atom is -0.386 e. The molecule has 28 heavy (non-hydrogen) atoms. The van der Waals surface area contributed by atoms with Gasteiger partial charge in [-0.15, -0.1) is 0 Å². The largest absolute Gasteiger partial charge is 0.386 e. The van der Waals surface area contributed by atoms with Crippen molar-refractivity contribution in [2.24, 2.45) is 0 Å². The molecule has 160 valence electrons. The highest BCUT2D eigenvalue weighted by atomic mass is 32.2. The Morgan fingerprint density at radius 3 is 2.14 bits per heavy atom. The van der Waals surface area contributed by atoms with Crippen molar-refractivity contribution in [3.63, 3.8) is 0 Å². The minimum atomic E-state index is -3.99. The average molecular weight is 444 g/mol. The Kier molecular flexibility index (Phi) is 6.49. The zero-order chi connectivity index (χ0) is 21.3. The van der Waals surface area contributed by atoms with Gasteiger partial charge < -0.3 is 14.6 Å². The van der Waals surface area contributed by atoms with E-state index in [0.717, 1.165) is 36.5 Å². The second kappa shape index (κ2) is 8.02. The van der Waals surface area contributed by atoms with Crippen molar-refractivity contribution in [3.05, 3.63) is 33.1 Å². The van der Waals surface area contributed by atoms with Crippen LogP contribution in [0.25, 0.3) is 0 Å². The Hall–Kier alpha value is -1.62. The van der Waals surface area contributed by atoms with Crippen LogP contribution in [-0.2, 0) is 38.1 Å². The Labute approximate surface area is 160 Å². The first-order valence-corrected chi connectivity index (χ1v) is 11.3. The highest BCUT2D eigenvalue weighted by Gasteiger charge is 2.57. The fourth-order valence-corrected chi connectivity index (χ4v) is 3.56. The van der Waals surface area contributed by atoms with Crippen molar-refractivity contribution < 1.29 is 39.8 Å². The highest BCUT2D eigenvalue weighted by molar-refractivity contribution is 7.86. The number of nitrogens with zero attached hydrogens (tertiary/aromatic N) is 1. The number of hydrogen-bond donors (Lipinski definition) is 2. The monoisotopic (exact) mass is 444 g/mol. The molecule has 0 aliphatic carbocycles. The molecule has 0 unspecified atom stereocenters. The lowest BCUT2D eigenvalue weighted by Crippen LogP contribution is -2.52. The summed E-state index contributed by atoms with van der Waals surface area (Å²) in [5.74, 6) is 0. The van der Waals surface area contributed by atoms with Gasteiger partial charge in [-0.1, -0.05) is 0 Å². The fourth-order valence-electron chi connectivity index (χ4n) is 2.73. The highest BCUT2D eigenvalue weighted by Crippen LogP contribution is 2.39. The molecule has 2 heterocycles. The van der Waals surface area contributed by atoms with Crippen LogP contribution in [0, 0.1) is 0 Å². The van der Waals surface area contributed by atoms with Crippen LogP contribution < -0.4 is 11.2 Å². The van der Waals surface area contributed by atoms with E-state index in [4.69, 9.17) is 17.8 Å². The van der Waals surface area contributed by atoms with Gasteiger partial charge in [0.25, 0.3) is 25.8 Å². The van der Waals surface area contributed by atoms with Gasteiger partial charge in [-0.3, -0.25) is 22.7 Å². The summed E-state index contributed by atoms with van der Waals surface area (Å²) in [4.78, 5) is 25.3. The molecular weight excluding hydrogens is 424 g/mol. The molecule has 0 radical (unpaired) electrons. The molecule has 1 aromatic heterocycles. The van der Waals surface area contributed by atoms with Crippen LogP contribution in [0.15, 0.2) is 21.9 Å². The number of rotatable bonds is 8. The molecule has 0 amide bonds. The molecule has 1 aliphatic heterocycles. The maximum absolute atomic E-state index is 12.0. The van der Waals surface area contributed by atoms with Crippen LogP contribution in [0.1, 0.15) is 6.23 Å². The third-order valence-corrected chi connectivity index (χ3v) is 4.98. The molecule has 3 atom stereocenters. The van der Waals surface area contributed by atoms with Crippen LogP contribution in [0.3, 0.4) is 0 Å². The fraction of sp³-hybridized carbons (Fsp3) is 0.692. The van der Waals surface area contributed by atoms with Gasteiger partial charge in [0.1, 0.15) is 31.0 Å². The molecule has 0 spiro atoms. The molecule has 1 saturated heterocycles. The smallest absolute Gasteiger partial charge is 0.330 e. The number of aliphatic hydroxyl groups is 1. The lowest BCUT2D eigenvalue weighted by molar-refractivity contribution is -0.145. The molecule has 1 aromatic rings. The standard InChI is InChI=1S/C13H20N2O11S2/c1-23-10-9(17)11(15-5-4-8(16)14-12(15)18)26-13(10,6-24-27(2,19)20)7-25-28(3,21)22/h4-5,9-11,17H,6-7H2,1-3H3,(H,14,16,18)/t9-,10-,11-/m1/s1. The number of hydrogen-bond acceptors (Lipinski definition) is 11. The van der Waals surface area contributed by atoms with E-state index in [9.17, 15) is 31.5 Å². The van der Waals surface area contributed by atoms with Gasteiger partial charge in [-0.05, 0) is 0 Å². The average Bonchev–Trinajstić information content (AvgIpc) is 2.82. The molecular formula is C13H20N2O11S2. The van der Waals surface area contributed by atoms with Gasteiger partial charge in [0, 0.05) is 19.4 Å². The topological polar surface area (TPSA) is 180 Å². The van der Waals surface area contributed by atoms with Crippen LogP contribution in [0.4, 0.5) is 0 Å². The first kappa shape index (κ1) is 22.7. The molecule has 1 aliphatic rings. The van der Waals surface area contributed by atoms with Crippen LogP contribution in [-0.4, -0.2) is 82.1 Å². The summed E-state index contributed by atoms with van der Waals surface area (Å²) in [6.07, 6.45) is -1.81. The summed E-state index contributed by atoms with van der Waals surface area (Å²) in [6.45, 7) is -1.54. The summed E-state index contributed by atoms with van der Waals surface area (Å²) in [7, 11) is -6.82. The summed E-state index contributed by atoms with van der Waals surface area (Å²) >= 11 is 0. The lowest BCUT2D eigenvalue weighted by Gasteiger charge is -2.32. The van der Waals surface area contributed by atoms with Crippen molar-refractivity contribution in [2.75, 3.05) is 32.8 Å². The van der Waals surface area contributed by atoms with Crippen molar-refractivity contribution >= 4 is 20.2 Å². The molecule has 0 bridgehead atoms. The number of aromatic amines is 1. The van der Waals surface area contributed by atoms with Crippen molar-refractivity contribution in [3.8, 4) is 0 Å². The van der Waals surface area contributed by atoms with E-state index in [1.165, 1.54) is 0 Å². The van der Waals surface area contributed by atoms with Gasteiger partial charge in [-0.25, -0.2) is 4.79 Å². The zero-order valence-corrected chi connectivity index (χ0v) is 16.7. The van der Waals surface area contributed by atoms with Gasteiger partial charge in [0.15, 0.2) is 6.23 Å². The van der Waals surface area contributed by atoms with Gasteiger partial charge in [-0.2, -0.15) is 16.8 Å². The molecule has 2 rings (SSSR count). The summed E-state index contributed by atoms with van der Waals surface area (Å²) in [5.41, 5.74) is -3.53. The lowest BCUT2D eigenvalue weighted by atomic mass is 9.97. The first-order valence-electron chi connectivity index (χ1n) is 7.67. The molecule has 2 N–H and O–H groups in total. The Balaban J connectivity index is 2.48. The summed E-state index contributed by atoms with van der Waals surface area (Å²) < 4.78 is 66.8. The quantitative estimate of drug-likeness (QED) is 0.393. The summed E-state index contributed by atoms with van der Waals surface area (Å²) in [6, 6.07) is 0.999. The predicted octanol–water partition coefficient (Wildman–Crippen LogP) is -2.87. The van der Waals surface area contributed by atoms with E-state index < -0.39 is 68.7 Å². The number of aliphatic hydroxyl groups excluding tert-OH is 1. The van der Waals surface area contributed by atoms with E-state index in [1.807, 2.05) is 4.98 Å². The van der Waals surface area contributed by atoms with Crippen LogP contribution >= 0.6 is 0 Å². The second-order valence-electron chi connectivity index (χ2n) is 6.17. The van der Waals surface area contributed by atoms with E-state index in [-0.39, 0.29) is 0 Å². The third kappa shape index (κ3) is 5.25. The minimum absolute atomic E-state index is 0.691. The normalized spacial score (nSPS) is 25.1. The number of ether oxygens (including phenoxy) is 2. The Bertz CT molecular complexity index is 991. The van der Waals surface area contributed by atoms with Crippen molar-refractivity contribution in [1.82, 2.24) is 9.55 Å². The van der Waals surface area contributed by atoms with Gasteiger partial charge in [0.05, 0.1) is 12.5 Å². The second-order valence-corrected chi connectivity index (χ2v) is 9.46. The van der Waals surface area contributed by atoms with E-state index in [2.05, 4.69) is 0 Å². The first-order chi connectivity index (χ1) is 12.8. The Morgan fingerprint density at radius 1 is 1.18 bits per heavy atom. The van der Waals surface area contributed by atoms with Gasteiger partial charge in [0.2, 0.25) is 0 Å². The third-order valence-electron chi connectivity index (χ3n) is 3.89. The van der Waals surface area contributed by atoms with Gasteiger partial charge >= 0.3 is 5.69 Å². The predicted molar refractivity (Wildman–Crippen MR) is 92.6 cm³/mol. The van der Waals surface area contributed by atoms with E-state index in [0.29, 0.717) is 0 Å². The molecule has 1 fully saturated rings. The summed E-state index contributed by atoms with van der Waals surface area (Å²) in [5, 5.41) is 10.6. The van der Waals surface area contributed by atoms with Crippen molar-refractivity contribution in [1.29, 1.82) is 0 Å². The van der Waals surface area contributed by atoms with Crippen LogP contribution in [0.2, 0.25) is 0 Å². The van der Waals surface area contributed by atoms with Crippen LogP contribution in [0.5, 0.6) is 0 Å². The Morgan fingerprint density at radius 2 is 1.71 bits per heavy atom. The molecule has 0 aromatic carbocycles. The number of aromatic nitrogens is 2. The van der Waals surface area contributed by atoms with E-state index in [1.54, 1.807) is 0 Å². The maximum Gasteiger partial charge on any atom is 0.330 e. The SMILES string of the molecule is CO[C@@H]1[C@@H](O)[C@H](n2ccc(=O)[nH]c2=O)OC1(COS(C)(=O)=O)COS(C)(=O)=O. The number of nitrogens with one attached hydrogen (secondary N) is 1. The molecule has 15 heteroatoms. The number of H-pyrrole nitrogens is 1. The zero-order valence-electron chi connectivity index (χ0n) is 15.1. The molecule has 13 nitrogen and oxygen atoms in total. The van der Waals surface area contributed by atoms with Crippen molar-refractivity contribution in [2.45, 2.75) is 24.0 Å². The maximum atomic E-state index is 12.0. The van der Waals surface area contributed by atoms with E-state index >= 15 is 0 Å². The number of methoxy groups -OCH3 is 1.